The minimum Gasteiger partial charge on any atom is -0.377 e. The summed E-state index contributed by atoms with van der Waals surface area (Å²) < 4.78 is 5.48. The predicted octanol–water partition coefficient (Wildman–Crippen LogP) is 1.99. The number of ether oxygens (including phenoxy) is 1. The van der Waals surface area contributed by atoms with Gasteiger partial charge in [-0.05, 0) is 18.6 Å². The third kappa shape index (κ3) is 2.32. The number of pyridine rings is 1. The Morgan fingerprint density at radius 3 is 3.27 bits per heavy atom. The molecule has 1 saturated heterocycles. The molecule has 0 aromatic carbocycles. The quantitative estimate of drug-likeness (QED) is 0.769. The molecule has 0 spiro atoms. The molecule has 1 fully saturated rings. The zero-order valence-corrected chi connectivity index (χ0v) is 10.4. The van der Waals surface area contributed by atoms with Crippen molar-refractivity contribution in [2.24, 2.45) is 0 Å². The molecule has 3 nitrogen and oxygen atoms in total. The Bertz CT molecular complexity index is 332. The molecule has 1 aliphatic rings. The van der Waals surface area contributed by atoms with Crippen LogP contribution in [-0.4, -0.2) is 36.1 Å². The van der Waals surface area contributed by atoms with Crippen LogP contribution in [0.25, 0.3) is 0 Å². The summed E-state index contributed by atoms with van der Waals surface area (Å²) in [5, 5.41) is 0.939. The maximum atomic E-state index is 5.48. The van der Waals surface area contributed by atoms with Gasteiger partial charge in [0.05, 0.1) is 19.3 Å². The van der Waals surface area contributed by atoms with Crippen molar-refractivity contribution in [2.75, 3.05) is 30.0 Å². The number of alkyl halides is 1. The van der Waals surface area contributed by atoms with Gasteiger partial charge in [-0.3, -0.25) is 4.98 Å². The summed E-state index contributed by atoms with van der Waals surface area (Å²) in [4.78, 5) is 6.52. The van der Waals surface area contributed by atoms with E-state index in [9.17, 15) is 0 Å². The van der Waals surface area contributed by atoms with E-state index in [2.05, 4.69) is 38.8 Å². The van der Waals surface area contributed by atoms with Crippen molar-refractivity contribution in [3.05, 3.63) is 24.0 Å². The second-order valence-corrected chi connectivity index (χ2v) is 4.39. The van der Waals surface area contributed by atoms with E-state index >= 15 is 0 Å². The third-order valence-electron chi connectivity index (χ3n) is 2.71. The highest BCUT2D eigenvalue weighted by Gasteiger charge is 2.23. The van der Waals surface area contributed by atoms with Gasteiger partial charge in [0.15, 0.2) is 0 Å². The van der Waals surface area contributed by atoms with Crippen LogP contribution >= 0.6 is 15.9 Å². The van der Waals surface area contributed by atoms with Gasteiger partial charge >= 0.3 is 0 Å². The van der Waals surface area contributed by atoms with Crippen molar-refractivity contribution in [3.8, 4) is 0 Å². The van der Waals surface area contributed by atoms with E-state index in [4.69, 9.17) is 4.74 Å². The average molecular weight is 271 g/mol. The number of hydrogen-bond acceptors (Lipinski definition) is 3. The SMILES string of the molecule is Cc1cnccc1N1CCOCC1CBr. The molecule has 0 bridgehead atoms. The lowest BCUT2D eigenvalue weighted by molar-refractivity contribution is 0.100. The number of rotatable bonds is 2. The maximum absolute atomic E-state index is 5.48. The molecule has 1 aromatic heterocycles. The standard InChI is InChI=1S/C11H15BrN2O/c1-9-7-13-3-2-11(9)14-4-5-15-8-10(14)6-12/h2-3,7,10H,4-6,8H2,1H3. The van der Waals surface area contributed by atoms with Gasteiger partial charge in [0.2, 0.25) is 0 Å². The molecule has 82 valence electrons. The Morgan fingerprint density at radius 2 is 2.53 bits per heavy atom. The largest absolute Gasteiger partial charge is 0.377 e. The number of aromatic nitrogens is 1. The lowest BCUT2D eigenvalue weighted by atomic mass is 10.1. The minimum absolute atomic E-state index is 0.430. The molecular weight excluding hydrogens is 256 g/mol. The number of morpholine rings is 1. The fraction of sp³-hybridized carbons (Fsp3) is 0.545. The zero-order valence-electron chi connectivity index (χ0n) is 8.82. The molecule has 1 aromatic rings. The number of anilines is 1. The summed E-state index contributed by atoms with van der Waals surface area (Å²) in [5.74, 6) is 0. The Morgan fingerprint density at radius 1 is 1.67 bits per heavy atom. The molecule has 4 heteroatoms. The number of nitrogens with zero attached hydrogens (tertiary/aromatic N) is 2. The molecule has 1 unspecified atom stereocenters. The first-order valence-corrected chi connectivity index (χ1v) is 6.26. The van der Waals surface area contributed by atoms with E-state index in [1.165, 1.54) is 11.3 Å². The maximum Gasteiger partial charge on any atom is 0.0679 e. The first-order valence-electron chi connectivity index (χ1n) is 5.14. The fourth-order valence-corrected chi connectivity index (χ4v) is 2.42. The van der Waals surface area contributed by atoms with E-state index in [1.54, 1.807) is 0 Å². The van der Waals surface area contributed by atoms with Gasteiger partial charge in [-0.2, -0.15) is 0 Å². The Balaban J connectivity index is 2.24. The van der Waals surface area contributed by atoms with Gasteiger partial charge in [-0.15, -0.1) is 0 Å². The van der Waals surface area contributed by atoms with Gasteiger partial charge in [-0.1, -0.05) is 15.9 Å². The first kappa shape index (κ1) is 10.9. The molecule has 0 amide bonds. The number of hydrogen-bond donors (Lipinski definition) is 0. The fourth-order valence-electron chi connectivity index (χ4n) is 1.89. The van der Waals surface area contributed by atoms with Crippen LogP contribution in [0.3, 0.4) is 0 Å². The predicted molar refractivity (Wildman–Crippen MR) is 64.7 cm³/mol. The molecule has 2 rings (SSSR count). The molecule has 0 aliphatic carbocycles. The van der Waals surface area contributed by atoms with Gasteiger partial charge in [0, 0.05) is 30.0 Å². The summed E-state index contributed by atoms with van der Waals surface area (Å²) in [6.07, 6.45) is 3.76. The van der Waals surface area contributed by atoms with E-state index in [0.717, 1.165) is 25.1 Å². The van der Waals surface area contributed by atoms with Crippen molar-refractivity contribution in [1.29, 1.82) is 0 Å². The van der Waals surface area contributed by atoms with Crippen LogP contribution in [0.2, 0.25) is 0 Å². The number of halogens is 1. The summed E-state index contributed by atoms with van der Waals surface area (Å²) in [6.45, 7) is 4.67. The van der Waals surface area contributed by atoms with Crippen LogP contribution in [0.4, 0.5) is 5.69 Å². The molecule has 2 heterocycles. The highest BCUT2D eigenvalue weighted by molar-refractivity contribution is 9.09. The first-order chi connectivity index (χ1) is 7.33. The Labute approximate surface area is 98.6 Å². The molecule has 1 atom stereocenters. The lowest BCUT2D eigenvalue weighted by Gasteiger charge is -2.37. The van der Waals surface area contributed by atoms with Gasteiger partial charge < -0.3 is 9.64 Å². The average Bonchev–Trinajstić information content (AvgIpc) is 2.30. The molecule has 1 aliphatic heterocycles. The van der Waals surface area contributed by atoms with E-state index in [0.29, 0.717) is 6.04 Å². The summed E-state index contributed by atoms with van der Waals surface area (Å²) in [6, 6.07) is 2.51. The van der Waals surface area contributed by atoms with Gasteiger partial charge in [0.25, 0.3) is 0 Å². The molecule has 0 saturated carbocycles. The van der Waals surface area contributed by atoms with Gasteiger partial charge in [-0.25, -0.2) is 0 Å². The Kier molecular flexibility index (Phi) is 3.59. The van der Waals surface area contributed by atoms with Crippen LogP contribution in [-0.2, 0) is 4.74 Å². The lowest BCUT2D eigenvalue weighted by Crippen LogP contribution is -2.46. The van der Waals surface area contributed by atoms with Crippen molar-refractivity contribution >= 4 is 21.6 Å². The summed E-state index contributed by atoms with van der Waals surface area (Å²) in [7, 11) is 0. The third-order valence-corrected chi connectivity index (χ3v) is 3.45. The van der Waals surface area contributed by atoms with Crippen LogP contribution in [0.15, 0.2) is 18.5 Å². The molecule has 15 heavy (non-hydrogen) atoms. The second kappa shape index (κ2) is 4.94. The van der Waals surface area contributed by atoms with Gasteiger partial charge in [0.1, 0.15) is 0 Å². The van der Waals surface area contributed by atoms with E-state index in [1.807, 2.05) is 12.4 Å². The van der Waals surface area contributed by atoms with Crippen LogP contribution in [0.1, 0.15) is 5.56 Å². The Hall–Kier alpha value is -0.610. The smallest absolute Gasteiger partial charge is 0.0679 e. The van der Waals surface area contributed by atoms with Crippen molar-refractivity contribution < 1.29 is 4.74 Å². The van der Waals surface area contributed by atoms with Crippen LogP contribution in [0, 0.1) is 6.92 Å². The molecule has 0 radical (unpaired) electrons. The summed E-state index contributed by atoms with van der Waals surface area (Å²) in [5.41, 5.74) is 2.50. The van der Waals surface area contributed by atoms with Crippen LogP contribution < -0.4 is 4.90 Å². The normalized spacial score (nSPS) is 21.7. The topological polar surface area (TPSA) is 25.4 Å². The van der Waals surface area contributed by atoms with Crippen molar-refractivity contribution in [2.45, 2.75) is 13.0 Å². The molecule has 0 N–H and O–H groups in total. The summed E-state index contributed by atoms with van der Waals surface area (Å²) >= 11 is 3.54. The van der Waals surface area contributed by atoms with Crippen LogP contribution in [0.5, 0.6) is 0 Å². The monoisotopic (exact) mass is 270 g/mol. The van der Waals surface area contributed by atoms with E-state index in [-0.39, 0.29) is 0 Å². The highest BCUT2D eigenvalue weighted by Crippen LogP contribution is 2.23. The van der Waals surface area contributed by atoms with E-state index < -0.39 is 0 Å². The molecular formula is C11H15BrN2O. The zero-order chi connectivity index (χ0) is 10.7. The highest BCUT2D eigenvalue weighted by atomic mass is 79.9. The van der Waals surface area contributed by atoms with Crippen molar-refractivity contribution in [1.82, 2.24) is 4.98 Å². The van der Waals surface area contributed by atoms with Crippen molar-refractivity contribution in [3.63, 3.8) is 0 Å². The second-order valence-electron chi connectivity index (χ2n) is 3.74. The number of aryl methyl sites for hydroxylation is 1. The minimum atomic E-state index is 0.430.